The highest BCUT2D eigenvalue weighted by Gasteiger charge is 2.19. The number of unbranched alkanes of at least 4 members (excludes halogenated alkanes) is 1. The van der Waals surface area contributed by atoms with E-state index in [1.165, 1.54) is 0 Å². The molecule has 0 fully saturated rings. The summed E-state index contributed by atoms with van der Waals surface area (Å²) in [6.45, 7) is 4.89. The van der Waals surface area contributed by atoms with E-state index >= 15 is 0 Å². The molecule has 0 aliphatic carbocycles. The molecule has 2 rings (SSSR count). The Kier molecular flexibility index (Phi) is 5.01. The Morgan fingerprint density at radius 2 is 2.20 bits per heavy atom. The van der Waals surface area contributed by atoms with Gasteiger partial charge in [0, 0.05) is 12.4 Å². The van der Waals surface area contributed by atoms with Crippen molar-refractivity contribution in [2.45, 2.75) is 33.2 Å². The van der Waals surface area contributed by atoms with Gasteiger partial charge in [0.2, 0.25) is 5.82 Å². The van der Waals surface area contributed by atoms with Crippen LogP contribution in [-0.4, -0.2) is 28.0 Å². The van der Waals surface area contributed by atoms with Crippen molar-refractivity contribution in [1.82, 2.24) is 9.55 Å². The Morgan fingerprint density at radius 1 is 1.40 bits per heavy atom. The van der Waals surface area contributed by atoms with Crippen LogP contribution in [0.15, 0.2) is 18.2 Å². The van der Waals surface area contributed by atoms with Gasteiger partial charge in [-0.05, 0) is 38.3 Å². The number of halogens is 1. The van der Waals surface area contributed by atoms with E-state index in [4.69, 9.17) is 16.3 Å². The van der Waals surface area contributed by atoms with Crippen LogP contribution in [0.25, 0.3) is 11.0 Å². The number of ether oxygens (including phenoxy) is 1. The molecule has 1 aromatic heterocycles. The van der Waals surface area contributed by atoms with Crippen molar-refractivity contribution in [3.8, 4) is 0 Å². The number of esters is 1. The Bertz CT molecular complexity index is 607. The van der Waals surface area contributed by atoms with Crippen LogP contribution in [0.2, 0.25) is 0 Å². The normalized spacial score (nSPS) is 10.9. The van der Waals surface area contributed by atoms with Crippen LogP contribution in [0.4, 0.5) is 0 Å². The zero-order valence-electron chi connectivity index (χ0n) is 11.9. The molecule has 0 unspecified atom stereocenters. The second kappa shape index (κ2) is 6.75. The standard InChI is InChI=1S/C15H19ClN2O2/c1-3-20-15(19)14-17-12-8-6-7-11(2)13(12)18(14)10-5-4-9-16/h6-8H,3-5,9-10H2,1-2H3. The Balaban J connectivity index is 2.46. The van der Waals surface area contributed by atoms with Crippen molar-refractivity contribution in [3.63, 3.8) is 0 Å². The van der Waals surface area contributed by atoms with Crippen molar-refractivity contribution < 1.29 is 9.53 Å². The van der Waals surface area contributed by atoms with Crippen molar-refractivity contribution in [2.75, 3.05) is 12.5 Å². The highest BCUT2D eigenvalue weighted by Crippen LogP contribution is 2.21. The molecule has 5 heteroatoms. The summed E-state index contributed by atoms with van der Waals surface area (Å²) >= 11 is 5.73. The number of carbonyl (C=O) groups is 1. The van der Waals surface area contributed by atoms with Gasteiger partial charge in [-0.1, -0.05) is 12.1 Å². The van der Waals surface area contributed by atoms with E-state index in [0.29, 0.717) is 18.3 Å². The number of alkyl halides is 1. The van der Waals surface area contributed by atoms with Gasteiger partial charge in [0.15, 0.2) is 0 Å². The molecule has 2 aromatic rings. The summed E-state index contributed by atoms with van der Waals surface area (Å²) in [6, 6.07) is 5.89. The van der Waals surface area contributed by atoms with Crippen LogP contribution < -0.4 is 0 Å². The van der Waals surface area contributed by atoms with E-state index in [-0.39, 0.29) is 5.97 Å². The first-order valence-corrected chi connectivity index (χ1v) is 7.41. The lowest BCUT2D eigenvalue weighted by atomic mass is 10.2. The molecule has 20 heavy (non-hydrogen) atoms. The third-order valence-corrected chi connectivity index (χ3v) is 3.46. The highest BCUT2D eigenvalue weighted by atomic mass is 35.5. The van der Waals surface area contributed by atoms with E-state index in [2.05, 4.69) is 4.98 Å². The molecule has 108 valence electrons. The molecule has 0 aliphatic rings. The third kappa shape index (κ3) is 2.96. The molecule has 0 radical (unpaired) electrons. The van der Waals surface area contributed by atoms with Gasteiger partial charge in [-0.2, -0.15) is 0 Å². The molecule has 0 aliphatic heterocycles. The minimum absolute atomic E-state index is 0.350. The van der Waals surface area contributed by atoms with Gasteiger partial charge >= 0.3 is 5.97 Å². The number of hydrogen-bond acceptors (Lipinski definition) is 3. The molecule has 1 heterocycles. The smallest absolute Gasteiger partial charge is 0.374 e. The highest BCUT2D eigenvalue weighted by molar-refractivity contribution is 6.17. The second-order valence-electron chi connectivity index (χ2n) is 4.65. The number of benzene rings is 1. The lowest BCUT2D eigenvalue weighted by molar-refractivity contribution is 0.0507. The molecule has 0 amide bonds. The summed E-state index contributed by atoms with van der Waals surface area (Å²) in [5, 5.41) is 0. The number of aromatic nitrogens is 2. The number of imidazole rings is 1. The number of para-hydroxylation sites is 1. The fourth-order valence-corrected chi connectivity index (χ4v) is 2.49. The number of rotatable bonds is 6. The second-order valence-corrected chi connectivity index (χ2v) is 5.02. The minimum atomic E-state index is -0.367. The van der Waals surface area contributed by atoms with E-state index < -0.39 is 0 Å². The fourth-order valence-electron chi connectivity index (χ4n) is 2.30. The monoisotopic (exact) mass is 294 g/mol. The molecule has 4 nitrogen and oxygen atoms in total. The topological polar surface area (TPSA) is 44.1 Å². The quantitative estimate of drug-likeness (QED) is 0.465. The van der Waals surface area contributed by atoms with Crippen molar-refractivity contribution >= 4 is 28.6 Å². The Labute approximate surface area is 123 Å². The number of fused-ring (bicyclic) bond motifs is 1. The molecule has 0 atom stereocenters. The average Bonchev–Trinajstić information content (AvgIpc) is 2.80. The average molecular weight is 295 g/mol. The fraction of sp³-hybridized carbons (Fsp3) is 0.467. The van der Waals surface area contributed by atoms with Crippen molar-refractivity contribution in [2.24, 2.45) is 0 Å². The Hall–Kier alpha value is -1.55. The van der Waals surface area contributed by atoms with E-state index in [9.17, 15) is 4.79 Å². The lowest BCUT2D eigenvalue weighted by Crippen LogP contribution is -2.14. The number of hydrogen-bond donors (Lipinski definition) is 0. The molecule has 0 spiro atoms. The van der Waals surface area contributed by atoms with Gasteiger partial charge in [-0.25, -0.2) is 9.78 Å². The maximum absolute atomic E-state index is 12.0. The summed E-state index contributed by atoms with van der Waals surface area (Å²) in [5.41, 5.74) is 2.94. The van der Waals surface area contributed by atoms with Gasteiger partial charge in [0.05, 0.1) is 17.6 Å². The first-order valence-electron chi connectivity index (χ1n) is 6.88. The molecule has 0 bridgehead atoms. The number of nitrogens with zero attached hydrogens (tertiary/aromatic N) is 2. The summed E-state index contributed by atoms with van der Waals surface area (Å²) < 4.78 is 7.05. The molecule has 0 N–H and O–H groups in total. The van der Waals surface area contributed by atoms with Crippen LogP contribution in [-0.2, 0) is 11.3 Å². The predicted octanol–water partition coefficient (Wildman–Crippen LogP) is 3.54. The van der Waals surface area contributed by atoms with Crippen LogP contribution in [0.5, 0.6) is 0 Å². The van der Waals surface area contributed by atoms with E-state index in [1.807, 2.05) is 29.7 Å². The number of aryl methyl sites for hydroxylation is 2. The molecular weight excluding hydrogens is 276 g/mol. The zero-order chi connectivity index (χ0) is 14.5. The third-order valence-electron chi connectivity index (χ3n) is 3.19. The molecular formula is C15H19ClN2O2. The molecule has 1 aromatic carbocycles. The first kappa shape index (κ1) is 14.9. The number of carbonyl (C=O) groups excluding carboxylic acids is 1. The maximum Gasteiger partial charge on any atom is 0.374 e. The summed E-state index contributed by atoms with van der Waals surface area (Å²) in [5.74, 6) is 0.639. The molecule has 0 saturated heterocycles. The van der Waals surface area contributed by atoms with Crippen LogP contribution in [0.3, 0.4) is 0 Å². The summed E-state index contributed by atoms with van der Waals surface area (Å²) in [6.07, 6.45) is 1.82. The van der Waals surface area contributed by atoms with Crippen molar-refractivity contribution in [1.29, 1.82) is 0 Å². The van der Waals surface area contributed by atoms with Crippen LogP contribution >= 0.6 is 11.6 Å². The molecule has 0 saturated carbocycles. The van der Waals surface area contributed by atoms with Gasteiger partial charge in [0.25, 0.3) is 0 Å². The largest absolute Gasteiger partial charge is 0.460 e. The summed E-state index contributed by atoms with van der Waals surface area (Å²) in [4.78, 5) is 16.5. The zero-order valence-corrected chi connectivity index (χ0v) is 12.6. The minimum Gasteiger partial charge on any atom is -0.460 e. The van der Waals surface area contributed by atoms with Gasteiger partial charge in [-0.15, -0.1) is 11.6 Å². The lowest BCUT2D eigenvalue weighted by Gasteiger charge is -2.09. The predicted molar refractivity (Wildman–Crippen MR) is 80.4 cm³/mol. The van der Waals surface area contributed by atoms with Gasteiger partial charge < -0.3 is 9.30 Å². The summed E-state index contributed by atoms with van der Waals surface area (Å²) in [7, 11) is 0. The van der Waals surface area contributed by atoms with Crippen LogP contribution in [0.1, 0.15) is 35.9 Å². The SMILES string of the molecule is CCOC(=O)c1nc2cccc(C)c2n1CCCCCl. The van der Waals surface area contributed by atoms with Crippen molar-refractivity contribution in [3.05, 3.63) is 29.6 Å². The van der Waals surface area contributed by atoms with Crippen LogP contribution in [0, 0.1) is 6.92 Å². The van der Waals surface area contributed by atoms with E-state index in [0.717, 1.165) is 36.0 Å². The first-order chi connectivity index (χ1) is 9.69. The Morgan fingerprint density at radius 3 is 2.90 bits per heavy atom. The van der Waals surface area contributed by atoms with Gasteiger partial charge in [0.1, 0.15) is 0 Å². The van der Waals surface area contributed by atoms with Gasteiger partial charge in [-0.3, -0.25) is 0 Å². The maximum atomic E-state index is 12.0. The van der Waals surface area contributed by atoms with E-state index in [1.54, 1.807) is 6.92 Å².